The molecule has 0 saturated heterocycles. The molecule has 2 aromatic heterocycles. The quantitative estimate of drug-likeness (QED) is 0.526. The second kappa shape index (κ2) is 7.11. The first-order valence-electron chi connectivity index (χ1n) is 9.05. The van der Waals surface area contributed by atoms with Crippen molar-refractivity contribution < 1.29 is 9.21 Å². The second-order valence-corrected chi connectivity index (χ2v) is 6.63. The highest BCUT2D eigenvalue weighted by molar-refractivity contribution is 5.96. The molecule has 0 aliphatic rings. The predicted octanol–water partition coefficient (Wildman–Crippen LogP) is 5.01. The Morgan fingerprint density at radius 3 is 2.78 bits per heavy atom. The predicted molar refractivity (Wildman–Crippen MR) is 105 cm³/mol. The molecule has 4 rings (SSSR count). The molecular weight excluding hydrogens is 338 g/mol. The molecule has 5 heteroatoms. The van der Waals surface area contributed by atoms with Gasteiger partial charge in [-0.3, -0.25) is 4.79 Å². The minimum absolute atomic E-state index is 0.218. The molecule has 1 unspecified atom stereocenters. The van der Waals surface area contributed by atoms with E-state index in [0.717, 1.165) is 28.0 Å². The van der Waals surface area contributed by atoms with E-state index in [1.807, 2.05) is 62.4 Å². The van der Waals surface area contributed by atoms with Gasteiger partial charge < -0.3 is 14.7 Å². The third kappa shape index (κ3) is 3.49. The summed E-state index contributed by atoms with van der Waals surface area (Å²) in [6.07, 6.45) is 2.51. The molecule has 0 aliphatic carbocycles. The molecule has 5 nitrogen and oxygen atoms in total. The number of aryl methyl sites for hydroxylation is 1. The number of imidazole rings is 1. The van der Waals surface area contributed by atoms with Crippen molar-refractivity contribution in [3.05, 3.63) is 77.9 Å². The summed E-state index contributed by atoms with van der Waals surface area (Å²) in [5.41, 5.74) is 3.83. The van der Waals surface area contributed by atoms with Crippen molar-refractivity contribution in [2.24, 2.45) is 0 Å². The maximum absolute atomic E-state index is 12.7. The van der Waals surface area contributed by atoms with E-state index in [1.165, 1.54) is 0 Å². The third-order valence-electron chi connectivity index (χ3n) is 4.62. The number of rotatable bonds is 5. The maximum Gasteiger partial charge on any atom is 0.287 e. The van der Waals surface area contributed by atoms with E-state index in [4.69, 9.17) is 4.42 Å². The van der Waals surface area contributed by atoms with E-state index in [1.54, 1.807) is 12.3 Å². The fourth-order valence-electron chi connectivity index (χ4n) is 3.15. The van der Waals surface area contributed by atoms with Crippen molar-refractivity contribution in [3.8, 4) is 11.3 Å². The SMILES string of the molecule is CCC(NC(=O)c1cc2cc(C)ccc2o1)c1ncc(-c2ccccc2)[nH]1. The van der Waals surface area contributed by atoms with Gasteiger partial charge in [0.1, 0.15) is 11.4 Å². The first kappa shape index (κ1) is 17.1. The normalized spacial score (nSPS) is 12.2. The number of benzene rings is 2. The van der Waals surface area contributed by atoms with E-state index in [2.05, 4.69) is 15.3 Å². The van der Waals surface area contributed by atoms with Crippen LogP contribution in [0.5, 0.6) is 0 Å². The summed E-state index contributed by atoms with van der Waals surface area (Å²) < 4.78 is 5.70. The van der Waals surface area contributed by atoms with Crippen LogP contribution in [0.15, 0.2) is 65.2 Å². The van der Waals surface area contributed by atoms with E-state index in [-0.39, 0.29) is 11.9 Å². The number of fused-ring (bicyclic) bond motifs is 1. The Morgan fingerprint density at radius 2 is 2.00 bits per heavy atom. The van der Waals surface area contributed by atoms with Gasteiger partial charge in [-0.1, -0.05) is 48.9 Å². The lowest BCUT2D eigenvalue weighted by atomic mass is 10.1. The van der Waals surface area contributed by atoms with Crippen LogP contribution in [0.3, 0.4) is 0 Å². The van der Waals surface area contributed by atoms with Gasteiger partial charge in [0, 0.05) is 5.39 Å². The summed E-state index contributed by atoms with van der Waals surface area (Å²) in [4.78, 5) is 20.5. The minimum Gasteiger partial charge on any atom is -0.451 e. The van der Waals surface area contributed by atoms with Crippen LogP contribution in [-0.4, -0.2) is 15.9 Å². The Kier molecular flexibility index (Phi) is 4.50. The lowest BCUT2D eigenvalue weighted by Gasteiger charge is -2.13. The van der Waals surface area contributed by atoms with Crippen molar-refractivity contribution in [1.82, 2.24) is 15.3 Å². The summed E-state index contributed by atoms with van der Waals surface area (Å²) >= 11 is 0. The van der Waals surface area contributed by atoms with Gasteiger partial charge in [-0.05, 0) is 37.1 Å². The van der Waals surface area contributed by atoms with Gasteiger partial charge in [-0.2, -0.15) is 0 Å². The lowest BCUT2D eigenvalue weighted by Crippen LogP contribution is -2.28. The molecule has 27 heavy (non-hydrogen) atoms. The van der Waals surface area contributed by atoms with Crippen LogP contribution in [0.25, 0.3) is 22.2 Å². The van der Waals surface area contributed by atoms with Crippen molar-refractivity contribution in [2.45, 2.75) is 26.3 Å². The van der Waals surface area contributed by atoms with Gasteiger partial charge in [-0.25, -0.2) is 4.98 Å². The molecule has 4 aromatic rings. The first-order chi connectivity index (χ1) is 13.1. The number of furan rings is 1. The monoisotopic (exact) mass is 359 g/mol. The van der Waals surface area contributed by atoms with Crippen LogP contribution in [0.4, 0.5) is 0 Å². The zero-order chi connectivity index (χ0) is 18.8. The fourth-order valence-corrected chi connectivity index (χ4v) is 3.15. The van der Waals surface area contributed by atoms with Crippen molar-refractivity contribution in [3.63, 3.8) is 0 Å². The smallest absolute Gasteiger partial charge is 0.287 e. The van der Waals surface area contributed by atoms with E-state index in [0.29, 0.717) is 17.8 Å². The number of nitrogens with zero attached hydrogens (tertiary/aromatic N) is 1. The van der Waals surface area contributed by atoms with Gasteiger partial charge in [0.15, 0.2) is 5.76 Å². The molecular formula is C22H21N3O2. The maximum atomic E-state index is 12.7. The molecule has 2 aromatic carbocycles. The largest absolute Gasteiger partial charge is 0.451 e. The molecule has 2 N–H and O–H groups in total. The van der Waals surface area contributed by atoms with Crippen LogP contribution in [0.1, 0.15) is 41.3 Å². The number of H-pyrrole nitrogens is 1. The van der Waals surface area contributed by atoms with E-state index >= 15 is 0 Å². The summed E-state index contributed by atoms with van der Waals surface area (Å²) in [5, 5.41) is 3.94. The van der Waals surface area contributed by atoms with Gasteiger partial charge in [-0.15, -0.1) is 0 Å². The van der Waals surface area contributed by atoms with Crippen LogP contribution in [0.2, 0.25) is 0 Å². The molecule has 0 saturated carbocycles. The molecule has 0 bridgehead atoms. The highest BCUT2D eigenvalue weighted by Crippen LogP contribution is 2.23. The van der Waals surface area contributed by atoms with Crippen molar-refractivity contribution >= 4 is 16.9 Å². The van der Waals surface area contributed by atoms with Crippen molar-refractivity contribution in [1.29, 1.82) is 0 Å². The molecule has 0 fully saturated rings. The topological polar surface area (TPSA) is 70.9 Å². The van der Waals surface area contributed by atoms with Crippen LogP contribution in [-0.2, 0) is 0 Å². The molecule has 0 aliphatic heterocycles. The molecule has 2 heterocycles. The van der Waals surface area contributed by atoms with Gasteiger partial charge in [0.05, 0.1) is 17.9 Å². The molecule has 1 atom stereocenters. The zero-order valence-electron chi connectivity index (χ0n) is 15.3. The van der Waals surface area contributed by atoms with Crippen LogP contribution >= 0.6 is 0 Å². The van der Waals surface area contributed by atoms with Gasteiger partial charge >= 0.3 is 0 Å². The molecule has 0 radical (unpaired) electrons. The number of amides is 1. The fraction of sp³-hybridized carbons (Fsp3) is 0.182. The average Bonchev–Trinajstić information content (AvgIpc) is 3.33. The lowest BCUT2D eigenvalue weighted by molar-refractivity contribution is 0.0908. The Morgan fingerprint density at radius 1 is 1.19 bits per heavy atom. The average molecular weight is 359 g/mol. The number of hydrogen-bond donors (Lipinski definition) is 2. The van der Waals surface area contributed by atoms with E-state index in [9.17, 15) is 4.79 Å². The number of carbonyl (C=O) groups is 1. The third-order valence-corrected chi connectivity index (χ3v) is 4.62. The summed E-state index contributed by atoms with van der Waals surface area (Å²) in [7, 11) is 0. The highest BCUT2D eigenvalue weighted by Gasteiger charge is 2.20. The number of carbonyl (C=O) groups excluding carboxylic acids is 1. The standard InChI is InChI=1S/C22H21N3O2/c1-3-17(21-23-13-18(24-21)15-7-5-4-6-8-15)25-22(26)20-12-16-11-14(2)9-10-19(16)27-20/h4-13,17H,3H2,1-2H3,(H,23,24)(H,25,26). The summed E-state index contributed by atoms with van der Waals surface area (Å²) in [6, 6.07) is 17.4. The minimum atomic E-state index is -0.242. The van der Waals surface area contributed by atoms with Crippen LogP contribution in [0, 0.1) is 6.92 Å². The molecule has 136 valence electrons. The number of hydrogen-bond acceptors (Lipinski definition) is 3. The van der Waals surface area contributed by atoms with Gasteiger partial charge in [0.25, 0.3) is 5.91 Å². The summed E-state index contributed by atoms with van der Waals surface area (Å²) in [6.45, 7) is 4.03. The van der Waals surface area contributed by atoms with E-state index < -0.39 is 0 Å². The Bertz CT molecular complexity index is 1080. The number of aromatic nitrogens is 2. The Balaban J connectivity index is 1.54. The Labute approximate surface area is 157 Å². The highest BCUT2D eigenvalue weighted by atomic mass is 16.3. The zero-order valence-corrected chi connectivity index (χ0v) is 15.3. The van der Waals surface area contributed by atoms with Crippen molar-refractivity contribution in [2.75, 3.05) is 0 Å². The van der Waals surface area contributed by atoms with Crippen LogP contribution < -0.4 is 5.32 Å². The molecule has 1 amide bonds. The number of aromatic amines is 1. The second-order valence-electron chi connectivity index (χ2n) is 6.63. The molecule has 0 spiro atoms. The summed E-state index contributed by atoms with van der Waals surface area (Å²) in [5.74, 6) is 0.800. The first-order valence-corrected chi connectivity index (χ1v) is 9.05. The Hall–Kier alpha value is -3.34. The number of nitrogens with one attached hydrogen (secondary N) is 2. The van der Waals surface area contributed by atoms with Gasteiger partial charge in [0.2, 0.25) is 0 Å².